The van der Waals surface area contributed by atoms with Crippen molar-refractivity contribution in [3.8, 4) is 0 Å². The average molecular weight is 546 g/mol. The highest BCUT2D eigenvalue weighted by molar-refractivity contribution is 6.32. The van der Waals surface area contributed by atoms with Crippen molar-refractivity contribution in [3.63, 3.8) is 0 Å². The summed E-state index contributed by atoms with van der Waals surface area (Å²) in [5.41, 5.74) is -0.328. The Bertz CT molecular complexity index is 1050. The summed E-state index contributed by atoms with van der Waals surface area (Å²) in [6.45, 7) is 2.51. The molecule has 1 amide bonds. The number of para-hydroxylation sites is 2. The molecule has 0 bridgehead atoms. The minimum absolute atomic E-state index is 0.0598. The van der Waals surface area contributed by atoms with E-state index in [9.17, 15) is 25.0 Å². The number of hydrogen-bond donors (Lipinski definition) is 0. The molecule has 0 aliphatic heterocycles. The maximum atomic E-state index is 13.4. The monoisotopic (exact) mass is 545 g/mol. The quantitative estimate of drug-likeness (QED) is 0.0992. The van der Waals surface area contributed by atoms with Crippen LogP contribution < -0.4 is 4.90 Å². The molecule has 0 spiro atoms. The first kappa shape index (κ1) is 31.2. The molecule has 0 aliphatic carbocycles. The number of halogens is 1. The normalized spacial score (nSPS) is 10.9. The van der Waals surface area contributed by atoms with Crippen molar-refractivity contribution in [2.75, 3.05) is 11.4 Å². The smallest absolute Gasteiger partial charge is 0.292 e. The van der Waals surface area contributed by atoms with E-state index in [-0.39, 0.29) is 34.2 Å². The zero-order valence-electron chi connectivity index (χ0n) is 22.4. The van der Waals surface area contributed by atoms with E-state index in [1.165, 1.54) is 93.4 Å². The lowest BCUT2D eigenvalue weighted by Gasteiger charge is -2.23. The molecular weight excluding hydrogens is 506 g/mol. The second-order valence-electron chi connectivity index (χ2n) is 9.72. The number of hydrogen-bond acceptors (Lipinski definition) is 5. The summed E-state index contributed by atoms with van der Waals surface area (Å²) in [6.07, 6.45) is 16.8. The molecular formula is C29H40ClN3O5. The second kappa shape index (κ2) is 17.5. The van der Waals surface area contributed by atoms with Gasteiger partial charge in [0, 0.05) is 24.2 Å². The van der Waals surface area contributed by atoms with Gasteiger partial charge in [-0.2, -0.15) is 0 Å². The van der Waals surface area contributed by atoms with Crippen LogP contribution in [0.2, 0.25) is 5.02 Å². The fraction of sp³-hybridized carbons (Fsp3) is 0.552. The Morgan fingerprint density at radius 1 is 0.737 bits per heavy atom. The van der Waals surface area contributed by atoms with Crippen LogP contribution in [0.25, 0.3) is 0 Å². The molecule has 0 aliphatic rings. The Kier molecular flexibility index (Phi) is 14.4. The topological polar surface area (TPSA) is 107 Å². The molecule has 0 saturated carbocycles. The Hall–Kier alpha value is -3.00. The van der Waals surface area contributed by atoms with Gasteiger partial charge in [0.15, 0.2) is 0 Å². The SMILES string of the molecule is CCCCCCCCCCCCCCCCN(C(=O)c1ccc(Cl)c([N+](=O)[O-])c1)c1ccccc1[N+](=O)[O-]. The molecule has 0 fully saturated rings. The molecule has 0 radical (unpaired) electrons. The highest BCUT2D eigenvalue weighted by Gasteiger charge is 2.26. The number of nitro groups is 2. The van der Waals surface area contributed by atoms with Crippen LogP contribution in [0.4, 0.5) is 17.1 Å². The first-order valence-electron chi connectivity index (χ1n) is 13.9. The third kappa shape index (κ3) is 10.4. The van der Waals surface area contributed by atoms with E-state index in [4.69, 9.17) is 11.6 Å². The summed E-state index contributed by atoms with van der Waals surface area (Å²) < 4.78 is 0. The van der Waals surface area contributed by atoms with E-state index in [0.717, 1.165) is 25.3 Å². The number of nitro benzene ring substituents is 2. The van der Waals surface area contributed by atoms with Gasteiger partial charge in [0.05, 0.1) is 9.85 Å². The van der Waals surface area contributed by atoms with Gasteiger partial charge in [-0.1, -0.05) is 114 Å². The number of benzene rings is 2. The van der Waals surface area contributed by atoms with Crippen molar-refractivity contribution in [1.29, 1.82) is 0 Å². The molecule has 2 rings (SSSR count). The molecule has 38 heavy (non-hydrogen) atoms. The summed E-state index contributed by atoms with van der Waals surface area (Å²) in [5, 5.41) is 22.9. The zero-order chi connectivity index (χ0) is 27.8. The molecule has 2 aromatic rings. The average Bonchev–Trinajstić information content (AvgIpc) is 2.90. The maximum Gasteiger partial charge on any atom is 0.292 e. The lowest BCUT2D eigenvalue weighted by Crippen LogP contribution is -2.32. The van der Waals surface area contributed by atoms with E-state index >= 15 is 0 Å². The zero-order valence-corrected chi connectivity index (χ0v) is 23.2. The minimum Gasteiger partial charge on any atom is -0.302 e. The summed E-state index contributed by atoms with van der Waals surface area (Å²) in [6, 6.07) is 9.90. The van der Waals surface area contributed by atoms with Crippen molar-refractivity contribution < 1.29 is 14.6 Å². The van der Waals surface area contributed by atoms with Crippen molar-refractivity contribution >= 4 is 34.6 Å². The molecule has 0 saturated heterocycles. The first-order chi connectivity index (χ1) is 18.4. The first-order valence-corrected chi connectivity index (χ1v) is 14.2. The number of unbranched alkanes of at least 4 members (excludes halogenated alkanes) is 13. The predicted molar refractivity (Wildman–Crippen MR) is 153 cm³/mol. The van der Waals surface area contributed by atoms with Gasteiger partial charge in [0.25, 0.3) is 17.3 Å². The van der Waals surface area contributed by atoms with Gasteiger partial charge >= 0.3 is 0 Å². The van der Waals surface area contributed by atoms with Crippen molar-refractivity contribution in [1.82, 2.24) is 0 Å². The maximum absolute atomic E-state index is 13.4. The van der Waals surface area contributed by atoms with Gasteiger partial charge in [-0.25, -0.2) is 0 Å². The largest absolute Gasteiger partial charge is 0.302 e. The molecule has 2 aromatic carbocycles. The fourth-order valence-corrected chi connectivity index (χ4v) is 4.77. The Morgan fingerprint density at radius 2 is 1.24 bits per heavy atom. The standard InChI is InChI=1S/C29H40ClN3O5/c1-2-3-4-5-6-7-8-9-10-11-12-13-14-17-22-31(26-18-15-16-19-27(26)32(35)36)29(34)24-20-21-25(30)28(23-24)33(37)38/h15-16,18-21,23H,2-14,17,22H2,1H3. The Labute approximate surface area is 230 Å². The van der Waals surface area contributed by atoms with E-state index in [0.29, 0.717) is 6.42 Å². The second-order valence-corrected chi connectivity index (χ2v) is 10.1. The third-order valence-electron chi connectivity index (χ3n) is 6.74. The van der Waals surface area contributed by atoms with E-state index in [2.05, 4.69) is 6.92 Å². The van der Waals surface area contributed by atoms with Gasteiger partial charge in [-0.15, -0.1) is 0 Å². The van der Waals surface area contributed by atoms with Crippen molar-refractivity contribution in [3.05, 3.63) is 73.3 Å². The number of rotatable bonds is 19. The van der Waals surface area contributed by atoms with Gasteiger partial charge in [-0.05, 0) is 24.6 Å². The Balaban J connectivity index is 1.89. The predicted octanol–water partition coefficient (Wildman–Crippen LogP) is 9.28. The number of carbonyl (C=O) groups is 1. The van der Waals surface area contributed by atoms with Crippen LogP contribution >= 0.6 is 11.6 Å². The lowest BCUT2D eigenvalue weighted by molar-refractivity contribution is -0.384. The summed E-state index contributed by atoms with van der Waals surface area (Å²) in [5.74, 6) is -0.534. The van der Waals surface area contributed by atoms with E-state index in [1.807, 2.05) is 0 Å². The number of amides is 1. The highest BCUT2D eigenvalue weighted by Crippen LogP contribution is 2.31. The summed E-state index contributed by atoms with van der Waals surface area (Å²) in [7, 11) is 0. The van der Waals surface area contributed by atoms with Gasteiger partial charge < -0.3 is 4.90 Å². The van der Waals surface area contributed by atoms with Crippen LogP contribution in [0.15, 0.2) is 42.5 Å². The lowest BCUT2D eigenvalue weighted by atomic mass is 10.0. The number of carbonyl (C=O) groups excluding carboxylic acids is 1. The number of nitrogens with zero attached hydrogens (tertiary/aromatic N) is 3. The molecule has 9 heteroatoms. The van der Waals surface area contributed by atoms with Gasteiger partial charge in [0.1, 0.15) is 10.7 Å². The van der Waals surface area contributed by atoms with Crippen LogP contribution in [-0.4, -0.2) is 22.3 Å². The number of anilines is 1. The minimum atomic E-state index is -0.651. The molecule has 0 heterocycles. The molecule has 8 nitrogen and oxygen atoms in total. The van der Waals surface area contributed by atoms with Crippen LogP contribution in [0.3, 0.4) is 0 Å². The van der Waals surface area contributed by atoms with E-state index < -0.39 is 15.8 Å². The molecule has 208 valence electrons. The van der Waals surface area contributed by atoms with Gasteiger partial charge in [-0.3, -0.25) is 25.0 Å². The molecule has 0 atom stereocenters. The highest BCUT2D eigenvalue weighted by atomic mass is 35.5. The van der Waals surface area contributed by atoms with Crippen molar-refractivity contribution in [2.45, 2.75) is 96.8 Å². The fourth-order valence-electron chi connectivity index (χ4n) is 4.58. The van der Waals surface area contributed by atoms with Crippen molar-refractivity contribution in [2.24, 2.45) is 0 Å². The summed E-state index contributed by atoms with van der Waals surface area (Å²) in [4.78, 5) is 36.5. The molecule has 0 unspecified atom stereocenters. The van der Waals surface area contributed by atoms with Crippen LogP contribution in [0, 0.1) is 20.2 Å². The van der Waals surface area contributed by atoms with Crippen LogP contribution in [0.1, 0.15) is 107 Å². The van der Waals surface area contributed by atoms with E-state index in [1.54, 1.807) is 12.1 Å². The molecule has 0 aromatic heterocycles. The summed E-state index contributed by atoms with van der Waals surface area (Å²) >= 11 is 5.91. The Morgan fingerprint density at radius 3 is 1.76 bits per heavy atom. The van der Waals surface area contributed by atoms with Gasteiger partial charge in [0.2, 0.25) is 0 Å². The third-order valence-corrected chi connectivity index (χ3v) is 7.06. The van der Waals surface area contributed by atoms with Crippen LogP contribution in [-0.2, 0) is 0 Å². The van der Waals surface area contributed by atoms with Crippen LogP contribution in [0.5, 0.6) is 0 Å². The molecule has 0 N–H and O–H groups in total.